The van der Waals surface area contributed by atoms with Gasteiger partial charge in [-0.15, -0.1) is 0 Å². The van der Waals surface area contributed by atoms with Gasteiger partial charge in [-0.05, 0) is 63.5 Å². The number of allylic oxidation sites excluding steroid dienone is 1. The van der Waals surface area contributed by atoms with Crippen LogP contribution in [0.15, 0.2) is 43.1 Å². The summed E-state index contributed by atoms with van der Waals surface area (Å²) in [4.78, 5) is 13.6. The molecule has 1 aromatic carbocycles. The minimum atomic E-state index is 0.162. The normalized spacial score (nSPS) is 16.9. The van der Waals surface area contributed by atoms with E-state index in [1.54, 1.807) is 6.92 Å². The molecule has 0 bridgehead atoms. The van der Waals surface area contributed by atoms with E-state index in [-0.39, 0.29) is 5.78 Å². The van der Waals surface area contributed by atoms with Crippen molar-refractivity contribution < 1.29 is 4.79 Å². The van der Waals surface area contributed by atoms with E-state index in [1.807, 2.05) is 13.0 Å². The van der Waals surface area contributed by atoms with Crippen molar-refractivity contribution in [2.45, 2.75) is 58.4 Å². The van der Waals surface area contributed by atoms with Crippen LogP contribution in [-0.4, -0.2) is 36.4 Å². The van der Waals surface area contributed by atoms with Gasteiger partial charge in [0, 0.05) is 36.1 Å². The summed E-state index contributed by atoms with van der Waals surface area (Å²) < 4.78 is 0. The lowest BCUT2D eigenvalue weighted by Crippen LogP contribution is -2.41. The van der Waals surface area contributed by atoms with Crippen LogP contribution in [-0.2, 0) is 11.2 Å². The number of ketones is 1. The molecule has 1 aliphatic heterocycles. The highest BCUT2D eigenvalue weighted by Gasteiger charge is 2.22. The molecule has 0 aromatic heterocycles. The number of aryl methyl sites for hydroxylation is 1. The number of carbonyl (C=O) groups excluding carboxylic acids is 1. The van der Waals surface area contributed by atoms with Crippen molar-refractivity contribution in [3.63, 3.8) is 0 Å². The SMILES string of the molecule is C=C(N)c1ccc(CCCC2CCCCN2C(=C)CNCC(C)=O)cc1/C=C\C. The third-order valence-corrected chi connectivity index (χ3v) is 5.55. The third kappa shape index (κ3) is 7.21. The highest BCUT2D eigenvalue weighted by atomic mass is 16.1. The van der Waals surface area contributed by atoms with Gasteiger partial charge >= 0.3 is 0 Å². The molecule has 4 heteroatoms. The molecule has 3 N–H and O–H groups in total. The molecular weight excluding hydrogens is 358 g/mol. The van der Waals surface area contributed by atoms with Crippen LogP contribution in [0.1, 0.15) is 62.6 Å². The molecule has 1 aromatic rings. The summed E-state index contributed by atoms with van der Waals surface area (Å²) in [6, 6.07) is 7.04. The largest absolute Gasteiger partial charge is 0.399 e. The number of piperidine rings is 1. The summed E-state index contributed by atoms with van der Waals surface area (Å²) in [6.07, 6.45) is 11.2. The van der Waals surface area contributed by atoms with Crippen LogP contribution in [0.2, 0.25) is 0 Å². The number of likely N-dealkylation sites (tertiary alicyclic amines) is 1. The van der Waals surface area contributed by atoms with Gasteiger partial charge in [0.1, 0.15) is 5.78 Å². The Labute approximate surface area is 176 Å². The second-order valence-electron chi connectivity index (χ2n) is 8.05. The topological polar surface area (TPSA) is 58.4 Å². The molecule has 4 nitrogen and oxygen atoms in total. The summed E-state index contributed by atoms with van der Waals surface area (Å²) in [5.41, 5.74) is 11.1. The summed E-state index contributed by atoms with van der Waals surface area (Å²) >= 11 is 0. The number of benzene rings is 1. The van der Waals surface area contributed by atoms with Crippen molar-refractivity contribution in [2.24, 2.45) is 5.73 Å². The van der Waals surface area contributed by atoms with Crippen LogP contribution in [0.4, 0.5) is 0 Å². The maximum absolute atomic E-state index is 11.1. The van der Waals surface area contributed by atoms with E-state index in [1.165, 1.54) is 24.8 Å². The van der Waals surface area contributed by atoms with Gasteiger partial charge in [-0.3, -0.25) is 4.79 Å². The van der Waals surface area contributed by atoms with Crippen molar-refractivity contribution in [3.8, 4) is 0 Å². The first-order valence-electron chi connectivity index (χ1n) is 10.8. The van der Waals surface area contributed by atoms with E-state index in [2.05, 4.69) is 47.6 Å². The van der Waals surface area contributed by atoms with Crippen molar-refractivity contribution >= 4 is 17.6 Å². The zero-order valence-electron chi connectivity index (χ0n) is 18.2. The lowest BCUT2D eigenvalue weighted by atomic mass is 9.94. The fourth-order valence-corrected chi connectivity index (χ4v) is 4.12. The number of carbonyl (C=O) groups is 1. The van der Waals surface area contributed by atoms with E-state index in [0.29, 0.717) is 24.8 Å². The Balaban J connectivity index is 1.92. The molecule has 0 aliphatic carbocycles. The van der Waals surface area contributed by atoms with Crippen LogP contribution < -0.4 is 11.1 Å². The van der Waals surface area contributed by atoms with E-state index in [4.69, 9.17) is 5.73 Å². The average Bonchev–Trinajstić information content (AvgIpc) is 2.68. The molecule has 1 saturated heterocycles. The molecule has 2 rings (SSSR count). The number of nitrogens with one attached hydrogen (secondary N) is 1. The van der Waals surface area contributed by atoms with Crippen molar-refractivity contribution in [1.29, 1.82) is 0 Å². The minimum absolute atomic E-state index is 0.162. The van der Waals surface area contributed by atoms with E-state index in [0.717, 1.165) is 42.6 Å². The number of hydrogen-bond acceptors (Lipinski definition) is 4. The molecular formula is C25H37N3O. The zero-order chi connectivity index (χ0) is 21.2. The fraction of sp³-hybridized carbons (Fsp3) is 0.480. The van der Waals surface area contributed by atoms with Gasteiger partial charge in [-0.25, -0.2) is 0 Å². The second kappa shape index (κ2) is 11.6. The van der Waals surface area contributed by atoms with Gasteiger partial charge in [-0.2, -0.15) is 0 Å². The number of nitrogens with two attached hydrogens (primary N) is 1. The Kier molecular flexibility index (Phi) is 9.20. The molecule has 1 fully saturated rings. The summed E-state index contributed by atoms with van der Waals surface area (Å²) in [5, 5.41) is 3.20. The second-order valence-corrected chi connectivity index (χ2v) is 8.05. The van der Waals surface area contributed by atoms with Crippen LogP contribution in [0, 0.1) is 0 Å². The van der Waals surface area contributed by atoms with E-state index < -0.39 is 0 Å². The van der Waals surface area contributed by atoms with Crippen LogP contribution in [0.5, 0.6) is 0 Å². The lowest BCUT2D eigenvalue weighted by molar-refractivity contribution is -0.116. The molecule has 0 saturated carbocycles. The Morgan fingerprint density at radius 3 is 2.79 bits per heavy atom. The van der Waals surface area contributed by atoms with E-state index in [9.17, 15) is 4.79 Å². The average molecular weight is 396 g/mol. The highest BCUT2D eigenvalue weighted by molar-refractivity contribution is 5.77. The Bertz CT molecular complexity index is 750. The van der Waals surface area contributed by atoms with Crippen LogP contribution >= 0.6 is 0 Å². The molecule has 1 unspecified atom stereocenters. The summed E-state index contributed by atoms with van der Waals surface area (Å²) in [5.74, 6) is 0.162. The third-order valence-electron chi connectivity index (χ3n) is 5.55. The monoisotopic (exact) mass is 395 g/mol. The quantitative estimate of drug-likeness (QED) is 0.578. The van der Waals surface area contributed by atoms with Crippen molar-refractivity contribution in [1.82, 2.24) is 10.2 Å². The van der Waals surface area contributed by atoms with Gasteiger partial charge < -0.3 is 16.0 Å². The zero-order valence-corrected chi connectivity index (χ0v) is 18.2. The molecule has 1 aliphatic rings. The predicted molar refractivity (Wildman–Crippen MR) is 124 cm³/mol. The fourth-order valence-electron chi connectivity index (χ4n) is 4.12. The molecule has 1 heterocycles. The van der Waals surface area contributed by atoms with Gasteiger partial charge in [0.05, 0.1) is 6.54 Å². The lowest BCUT2D eigenvalue weighted by Gasteiger charge is -2.39. The number of Topliss-reactive ketones (excluding diaryl/α,β-unsaturated/α-hetero) is 1. The minimum Gasteiger partial charge on any atom is -0.399 e. The standard InChI is InChI=1S/C25H37N3O/c1-5-9-23-16-22(13-14-25(23)21(4)26)10-8-12-24-11-6-7-15-28(24)19(2)17-27-18-20(3)29/h5,9,13-14,16,24,27H,2,4,6-8,10-12,15,17-18,26H2,1,3H3/b9-5-. The number of rotatable bonds is 11. The first-order chi connectivity index (χ1) is 13.9. The molecule has 0 amide bonds. The molecule has 158 valence electrons. The van der Waals surface area contributed by atoms with Crippen molar-refractivity contribution in [3.05, 3.63) is 59.8 Å². The molecule has 29 heavy (non-hydrogen) atoms. The Morgan fingerprint density at radius 1 is 1.31 bits per heavy atom. The smallest absolute Gasteiger partial charge is 0.143 e. The van der Waals surface area contributed by atoms with E-state index >= 15 is 0 Å². The van der Waals surface area contributed by atoms with Crippen LogP contribution in [0.25, 0.3) is 11.8 Å². The van der Waals surface area contributed by atoms with Crippen LogP contribution in [0.3, 0.4) is 0 Å². The maximum Gasteiger partial charge on any atom is 0.143 e. The number of hydrogen-bond donors (Lipinski definition) is 2. The maximum atomic E-state index is 11.1. The van der Waals surface area contributed by atoms with Gasteiger partial charge in [0.25, 0.3) is 0 Å². The summed E-state index contributed by atoms with van der Waals surface area (Å²) in [7, 11) is 0. The van der Waals surface area contributed by atoms with Gasteiger partial charge in [0.15, 0.2) is 0 Å². The first kappa shape index (κ1) is 23.0. The van der Waals surface area contributed by atoms with Gasteiger partial charge in [0.2, 0.25) is 0 Å². The highest BCUT2D eigenvalue weighted by Crippen LogP contribution is 2.25. The molecule has 1 atom stereocenters. The molecule has 0 radical (unpaired) electrons. The Hall–Kier alpha value is -2.33. The van der Waals surface area contributed by atoms with Gasteiger partial charge in [-0.1, -0.05) is 43.5 Å². The molecule has 0 spiro atoms. The predicted octanol–water partition coefficient (Wildman–Crippen LogP) is 4.52. The summed E-state index contributed by atoms with van der Waals surface area (Å²) in [6.45, 7) is 14.0. The first-order valence-corrected chi connectivity index (χ1v) is 10.8. The number of nitrogens with zero attached hydrogens (tertiary/aromatic N) is 1. The van der Waals surface area contributed by atoms with Crippen molar-refractivity contribution in [2.75, 3.05) is 19.6 Å². The Morgan fingerprint density at radius 2 is 2.10 bits per heavy atom.